The molecule has 0 saturated heterocycles. The van der Waals surface area contributed by atoms with Gasteiger partial charge in [0.1, 0.15) is 5.69 Å². The molecule has 1 unspecified atom stereocenters. The minimum absolute atomic E-state index is 0.334. The van der Waals surface area contributed by atoms with E-state index < -0.39 is 0 Å². The van der Waals surface area contributed by atoms with Gasteiger partial charge in [0.05, 0.1) is 0 Å². The first-order valence-corrected chi connectivity index (χ1v) is 11.5. The second kappa shape index (κ2) is 6.95. The molecule has 0 N–H and O–H groups in total. The van der Waals surface area contributed by atoms with Crippen LogP contribution in [-0.4, -0.2) is 4.57 Å². The topological polar surface area (TPSA) is 8.81 Å². The van der Waals surface area contributed by atoms with Crippen LogP contribution in [0.1, 0.15) is 49.4 Å². The first-order chi connectivity index (χ1) is 15.7. The van der Waals surface area contributed by atoms with Gasteiger partial charge in [-0.1, -0.05) is 85.6 Å². The lowest BCUT2D eigenvalue weighted by molar-refractivity contribution is -0.602. The summed E-state index contributed by atoms with van der Waals surface area (Å²) in [5.41, 5.74) is 8.25. The van der Waals surface area contributed by atoms with Crippen LogP contribution in [0, 0.1) is 19.8 Å². The molecule has 2 heteroatoms. The van der Waals surface area contributed by atoms with E-state index in [9.17, 15) is 1.37 Å². The van der Waals surface area contributed by atoms with Crippen molar-refractivity contribution in [3.05, 3.63) is 108 Å². The summed E-state index contributed by atoms with van der Waals surface area (Å²) in [4.78, 5) is 0. The Balaban J connectivity index is 1.76. The summed E-state index contributed by atoms with van der Waals surface area (Å²) < 4.78 is 14.1. The van der Waals surface area contributed by atoms with Gasteiger partial charge < -0.3 is 0 Å². The van der Waals surface area contributed by atoms with Crippen molar-refractivity contribution in [3.63, 3.8) is 0 Å². The lowest BCUT2D eigenvalue weighted by Gasteiger charge is -2.35. The molecule has 31 heavy (non-hydrogen) atoms. The van der Waals surface area contributed by atoms with Gasteiger partial charge in [0.2, 0.25) is 0 Å². The van der Waals surface area contributed by atoms with Gasteiger partial charge in [0, 0.05) is 29.5 Å². The monoisotopic (exact) mass is 406 g/mol. The maximum absolute atomic E-state index is 9.55. The van der Waals surface area contributed by atoms with Gasteiger partial charge in [-0.15, -0.1) is 0 Å². The molecule has 0 radical (unpaired) electrons. The number of aromatic nitrogens is 2. The summed E-state index contributed by atoms with van der Waals surface area (Å²) in [7, 11) is 0. The molecule has 3 aromatic carbocycles. The van der Waals surface area contributed by atoms with E-state index in [1.165, 1.54) is 53.6 Å². The van der Waals surface area contributed by atoms with Gasteiger partial charge in [0.25, 0.3) is 6.30 Å². The van der Waals surface area contributed by atoms with Crippen molar-refractivity contribution in [2.45, 2.75) is 45.1 Å². The number of nitrogens with zero attached hydrogens (tertiary/aromatic N) is 2. The SMILES string of the molecule is [2H]c1n2c(c(C)[n+]1-c1ccccc1C)-c1ccccc1C2(c1ccccc1)C1CCCC1. The molecule has 1 saturated carbocycles. The van der Waals surface area contributed by atoms with E-state index in [4.69, 9.17) is 0 Å². The lowest BCUT2D eigenvalue weighted by atomic mass is 9.72. The third kappa shape index (κ3) is 2.48. The summed E-state index contributed by atoms with van der Waals surface area (Å²) in [5, 5.41) is 0. The van der Waals surface area contributed by atoms with Gasteiger partial charge in [-0.05, 0) is 31.4 Å². The molecule has 1 fully saturated rings. The number of hydrogen-bond acceptors (Lipinski definition) is 0. The van der Waals surface area contributed by atoms with Crippen LogP contribution in [0.5, 0.6) is 0 Å². The Hall–Kier alpha value is -3.13. The highest BCUT2D eigenvalue weighted by Crippen LogP contribution is 2.55. The molecule has 1 atom stereocenters. The molecule has 1 aromatic heterocycles. The molecule has 6 rings (SSSR count). The Bertz CT molecular complexity index is 1310. The van der Waals surface area contributed by atoms with Crippen molar-refractivity contribution in [1.29, 1.82) is 0 Å². The Kier molecular flexibility index (Phi) is 3.93. The van der Waals surface area contributed by atoms with Crippen LogP contribution in [0.2, 0.25) is 0 Å². The fourth-order valence-electron chi connectivity index (χ4n) is 6.21. The normalized spacial score (nSPS) is 20.5. The van der Waals surface area contributed by atoms with E-state index in [-0.39, 0.29) is 5.54 Å². The summed E-state index contributed by atoms with van der Waals surface area (Å²) in [6.45, 7) is 4.32. The molecular weight excluding hydrogens is 376 g/mol. The number of benzene rings is 3. The molecule has 1 aliphatic heterocycles. The predicted octanol–water partition coefficient (Wildman–Crippen LogP) is 6.34. The molecule has 0 spiro atoms. The van der Waals surface area contributed by atoms with Crippen molar-refractivity contribution in [3.8, 4) is 16.9 Å². The Morgan fingerprint density at radius 1 is 0.871 bits per heavy atom. The first kappa shape index (κ1) is 17.5. The van der Waals surface area contributed by atoms with Gasteiger partial charge in [0.15, 0.2) is 18.3 Å². The van der Waals surface area contributed by atoms with Crippen molar-refractivity contribution >= 4 is 0 Å². The fourth-order valence-corrected chi connectivity index (χ4v) is 6.21. The van der Waals surface area contributed by atoms with E-state index in [0.717, 1.165) is 11.4 Å². The Morgan fingerprint density at radius 3 is 2.32 bits per heavy atom. The standard InChI is InChI=1S/C29H29N2/c1-21-12-6-11-19-27(21)30-20-31-28(22(30)2)25-17-9-10-18-26(25)29(31,24-15-7-8-16-24)23-13-4-3-5-14-23/h3-6,9-14,17-20,24H,7-8,15-16H2,1-2H3/q+1/i20D. The van der Waals surface area contributed by atoms with Crippen LogP contribution in [0.25, 0.3) is 16.9 Å². The number of fused-ring (bicyclic) bond motifs is 3. The zero-order valence-corrected chi connectivity index (χ0v) is 18.3. The second-order valence-corrected chi connectivity index (χ2v) is 9.15. The van der Waals surface area contributed by atoms with E-state index in [1.54, 1.807) is 0 Å². The van der Waals surface area contributed by atoms with Crippen molar-refractivity contribution < 1.29 is 5.94 Å². The minimum atomic E-state index is -0.334. The Morgan fingerprint density at radius 2 is 1.55 bits per heavy atom. The molecule has 2 nitrogen and oxygen atoms in total. The highest BCUT2D eigenvalue weighted by Gasteiger charge is 2.56. The first-order valence-electron chi connectivity index (χ1n) is 12.0. The summed E-state index contributed by atoms with van der Waals surface area (Å²) in [6.07, 6.45) is 5.50. The third-order valence-electron chi connectivity index (χ3n) is 7.56. The van der Waals surface area contributed by atoms with Gasteiger partial charge in [-0.25, -0.2) is 4.57 Å². The maximum Gasteiger partial charge on any atom is 0.250 e. The zero-order valence-electron chi connectivity index (χ0n) is 19.3. The number of para-hydroxylation sites is 1. The molecule has 1 aliphatic carbocycles. The van der Waals surface area contributed by atoms with Crippen molar-refractivity contribution in [2.24, 2.45) is 5.92 Å². The van der Waals surface area contributed by atoms with Crippen LogP contribution in [0.4, 0.5) is 0 Å². The fraction of sp³-hybridized carbons (Fsp3) is 0.276. The van der Waals surface area contributed by atoms with Crippen molar-refractivity contribution in [1.82, 2.24) is 4.57 Å². The smallest absolute Gasteiger partial charge is 0.215 e. The largest absolute Gasteiger partial charge is 0.250 e. The Labute approximate surface area is 186 Å². The summed E-state index contributed by atoms with van der Waals surface area (Å²) in [6, 6.07) is 28.3. The average Bonchev–Trinajstić information content (AvgIpc) is 3.51. The second-order valence-electron chi connectivity index (χ2n) is 9.15. The van der Waals surface area contributed by atoms with Crippen LogP contribution in [0.15, 0.2) is 85.2 Å². The third-order valence-corrected chi connectivity index (χ3v) is 7.56. The molecular formula is C29H29N2+. The lowest BCUT2D eigenvalue weighted by Crippen LogP contribution is -2.42. The average molecular weight is 407 g/mol. The molecule has 0 amide bonds. The number of aryl methyl sites for hydroxylation is 1. The molecule has 0 bridgehead atoms. The van der Waals surface area contributed by atoms with E-state index in [0.29, 0.717) is 12.2 Å². The van der Waals surface area contributed by atoms with Crippen LogP contribution < -0.4 is 4.57 Å². The number of rotatable bonds is 3. The molecule has 2 heterocycles. The zero-order chi connectivity index (χ0) is 21.9. The predicted molar refractivity (Wildman–Crippen MR) is 125 cm³/mol. The van der Waals surface area contributed by atoms with Crippen LogP contribution in [0.3, 0.4) is 0 Å². The van der Waals surface area contributed by atoms with Gasteiger partial charge >= 0.3 is 0 Å². The van der Waals surface area contributed by atoms with E-state index in [1.807, 2.05) is 0 Å². The number of imidazole rings is 1. The van der Waals surface area contributed by atoms with Crippen LogP contribution in [-0.2, 0) is 5.54 Å². The highest BCUT2D eigenvalue weighted by atomic mass is 15.2. The molecule has 4 aromatic rings. The highest BCUT2D eigenvalue weighted by molar-refractivity contribution is 5.75. The summed E-state index contributed by atoms with van der Waals surface area (Å²) in [5.74, 6) is 0.480. The van der Waals surface area contributed by atoms with Gasteiger partial charge in [-0.3, -0.25) is 0 Å². The van der Waals surface area contributed by atoms with E-state index in [2.05, 4.69) is 102 Å². The van der Waals surface area contributed by atoms with E-state index >= 15 is 0 Å². The minimum Gasteiger partial charge on any atom is -0.215 e. The number of hydrogen-bond donors (Lipinski definition) is 0. The molecule has 2 aliphatic rings. The van der Waals surface area contributed by atoms with Crippen molar-refractivity contribution in [2.75, 3.05) is 0 Å². The van der Waals surface area contributed by atoms with Crippen LogP contribution >= 0.6 is 0 Å². The summed E-state index contributed by atoms with van der Waals surface area (Å²) >= 11 is 0. The van der Waals surface area contributed by atoms with Gasteiger partial charge in [-0.2, -0.15) is 4.57 Å². The molecule has 154 valence electrons. The maximum atomic E-state index is 9.55. The quantitative estimate of drug-likeness (QED) is 0.351.